The Kier molecular flexibility index (Phi) is 3.81. The number of aromatic hydroxyl groups is 1. The van der Waals surface area contributed by atoms with E-state index in [-0.39, 0.29) is 22.6 Å². The highest BCUT2D eigenvalue weighted by molar-refractivity contribution is 5.92. The van der Waals surface area contributed by atoms with E-state index < -0.39 is 5.97 Å². The molecule has 1 atom stereocenters. The fraction of sp³-hybridized carbons (Fsp3) is 0.500. The minimum Gasteiger partial charge on any atom is -0.507 e. The Bertz CT molecular complexity index is 416. The van der Waals surface area contributed by atoms with E-state index >= 15 is 0 Å². The SMILES string of the molecule is CC(CC(C)(C)C)c1cccc(O)c1C(=O)O. The number of rotatable bonds is 3. The molecule has 17 heavy (non-hydrogen) atoms. The van der Waals surface area contributed by atoms with E-state index in [1.54, 1.807) is 12.1 Å². The van der Waals surface area contributed by atoms with Crippen LogP contribution in [0, 0.1) is 5.41 Å². The first-order valence-electron chi connectivity index (χ1n) is 5.77. The second kappa shape index (κ2) is 4.78. The monoisotopic (exact) mass is 236 g/mol. The van der Waals surface area contributed by atoms with Gasteiger partial charge in [-0.05, 0) is 29.4 Å². The Labute approximate surface area is 102 Å². The van der Waals surface area contributed by atoms with E-state index in [9.17, 15) is 9.90 Å². The van der Waals surface area contributed by atoms with Crippen LogP contribution in [0.1, 0.15) is 56.0 Å². The third-order valence-corrected chi connectivity index (χ3v) is 2.74. The maximum absolute atomic E-state index is 11.2. The zero-order chi connectivity index (χ0) is 13.2. The molecule has 1 aromatic rings. The van der Waals surface area contributed by atoms with Gasteiger partial charge >= 0.3 is 5.97 Å². The molecule has 3 nitrogen and oxygen atoms in total. The predicted octanol–water partition coefficient (Wildman–Crippen LogP) is 3.63. The van der Waals surface area contributed by atoms with Crippen molar-refractivity contribution in [3.63, 3.8) is 0 Å². The fourth-order valence-electron chi connectivity index (χ4n) is 2.23. The molecule has 0 amide bonds. The van der Waals surface area contributed by atoms with E-state index in [1.165, 1.54) is 6.07 Å². The molecule has 0 saturated heterocycles. The Hall–Kier alpha value is -1.51. The van der Waals surface area contributed by atoms with E-state index in [4.69, 9.17) is 5.11 Å². The van der Waals surface area contributed by atoms with Gasteiger partial charge in [0.1, 0.15) is 11.3 Å². The Morgan fingerprint density at radius 1 is 1.35 bits per heavy atom. The number of hydrogen-bond donors (Lipinski definition) is 2. The Morgan fingerprint density at radius 2 is 1.94 bits per heavy atom. The minimum atomic E-state index is -1.07. The van der Waals surface area contributed by atoms with Crippen molar-refractivity contribution in [2.24, 2.45) is 5.41 Å². The summed E-state index contributed by atoms with van der Waals surface area (Å²) in [7, 11) is 0. The molecular weight excluding hydrogens is 216 g/mol. The molecule has 3 heteroatoms. The van der Waals surface area contributed by atoms with Gasteiger partial charge in [0.2, 0.25) is 0 Å². The quantitative estimate of drug-likeness (QED) is 0.842. The summed E-state index contributed by atoms with van der Waals surface area (Å²) in [5, 5.41) is 18.8. The lowest BCUT2D eigenvalue weighted by atomic mass is 9.81. The van der Waals surface area contributed by atoms with Crippen molar-refractivity contribution in [1.82, 2.24) is 0 Å². The summed E-state index contributed by atoms with van der Waals surface area (Å²) in [6.45, 7) is 8.35. The van der Waals surface area contributed by atoms with Gasteiger partial charge in [0.25, 0.3) is 0 Å². The summed E-state index contributed by atoms with van der Waals surface area (Å²) in [5.41, 5.74) is 0.859. The van der Waals surface area contributed by atoms with Gasteiger partial charge in [0.15, 0.2) is 0 Å². The molecule has 0 aliphatic carbocycles. The van der Waals surface area contributed by atoms with Crippen LogP contribution in [-0.2, 0) is 0 Å². The number of benzene rings is 1. The molecule has 0 radical (unpaired) electrons. The van der Waals surface area contributed by atoms with Crippen LogP contribution in [0.4, 0.5) is 0 Å². The van der Waals surface area contributed by atoms with Gasteiger partial charge in [-0.3, -0.25) is 0 Å². The average Bonchev–Trinajstić information content (AvgIpc) is 2.13. The third-order valence-electron chi connectivity index (χ3n) is 2.74. The lowest BCUT2D eigenvalue weighted by Crippen LogP contribution is -2.13. The van der Waals surface area contributed by atoms with Crippen molar-refractivity contribution in [2.75, 3.05) is 0 Å². The van der Waals surface area contributed by atoms with Crippen LogP contribution in [-0.4, -0.2) is 16.2 Å². The van der Waals surface area contributed by atoms with Crippen LogP contribution in [0.5, 0.6) is 5.75 Å². The molecule has 0 aromatic heterocycles. The molecule has 2 N–H and O–H groups in total. The van der Waals surface area contributed by atoms with Crippen LogP contribution in [0.15, 0.2) is 18.2 Å². The zero-order valence-electron chi connectivity index (χ0n) is 10.8. The smallest absolute Gasteiger partial charge is 0.339 e. The molecule has 1 unspecified atom stereocenters. The first-order chi connectivity index (χ1) is 7.72. The summed E-state index contributed by atoms with van der Waals surface area (Å²) < 4.78 is 0. The molecule has 0 aliphatic heterocycles. The van der Waals surface area contributed by atoms with Crippen LogP contribution in [0.25, 0.3) is 0 Å². The Balaban J connectivity index is 3.13. The number of carboxylic acid groups (broad SMARTS) is 1. The summed E-state index contributed by atoms with van der Waals surface area (Å²) in [4.78, 5) is 11.2. The molecule has 1 rings (SSSR count). The molecular formula is C14H20O3. The van der Waals surface area contributed by atoms with Crippen LogP contribution < -0.4 is 0 Å². The summed E-state index contributed by atoms with van der Waals surface area (Å²) in [6, 6.07) is 4.88. The second-order valence-corrected chi connectivity index (χ2v) is 5.71. The van der Waals surface area contributed by atoms with E-state index in [0.717, 1.165) is 6.42 Å². The molecule has 0 spiro atoms. The highest BCUT2D eigenvalue weighted by atomic mass is 16.4. The van der Waals surface area contributed by atoms with Gasteiger partial charge in [0, 0.05) is 0 Å². The van der Waals surface area contributed by atoms with Gasteiger partial charge < -0.3 is 10.2 Å². The number of carboxylic acids is 1. The summed E-state index contributed by atoms with van der Waals surface area (Å²) >= 11 is 0. The van der Waals surface area contributed by atoms with Crippen LogP contribution in [0.3, 0.4) is 0 Å². The van der Waals surface area contributed by atoms with Crippen LogP contribution >= 0.6 is 0 Å². The lowest BCUT2D eigenvalue weighted by Gasteiger charge is -2.24. The van der Waals surface area contributed by atoms with Gasteiger partial charge in [-0.2, -0.15) is 0 Å². The van der Waals surface area contributed by atoms with Crippen molar-refractivity contribution in [3.8, 4) is 5.75 Å². The number of aromatic carboxylic acids is 1. The molecule has 0 fully saturated rings. The van der Waals surface area contributed by atoms with E-state index in [2.05, 4.69) is 20.8 Å². The van der Waals surface area contributed by atoms with Crippen LogP contribution in [0.2, 0.25) is 0 Å². The number of carbonyl (C=O) groups is 1. The zero-order valence-corrected chi connectivity index (χ0v) is 10.8. The molecule has 0 bridgehead atoms. The topological polar surface area (TPSA) is 57.5 Å². The molecule has 0 aliphatic rings. The summed E-state index contributed by atoms with van der Waals surface area (Å²) in [5.74, 6) is -1.12. The maximum atomic E-state index is 11.2. The van der Waals surface area contributed by atoms with E-state index in [1.807, 2.05) is 6.92 Å². The third kappa shape index (κ3) is 3.48. The van der Waals surface area contributed by atoms with Gasteiger partial charge in [-0.1, -0.05) is 39.8 Å². The number of hydrogen-bond acceptors (Lipinski definition) is 2. The van der Waals surface area contributed by atoms with Crippen molar-refractivity contribution in [2.45, 2.75) is 40.0 Å². The van der Waals surface area contributed by atoms with Crippen molar-refractivity contribution in [3.05, 3.63) is 29.3 Å². The maximum Gasteiger partial charge on any atom is 0.339 e. The summed E-state index contributed by atoms with van der Waals surface area (Å²) in [6.07, 6.45) is 0.872. The lowest BCUT2D eigenvalue weighted by molar-refractivity contribution is 0.0691. The standard InChI is InChI=1S/C14H20O3/c1-9(8-14(2,3)4)10-6-5-7-11(15)12(10)13(16)17/h5-7,9,15H,8H2,1-4H3,(H,16,17). The predicted molar refractivity (Wildman–Crippen MR) is 67.6 cm³/mol. The highest BCUT2D eigenvalue weighted by Gasteiger charge is 2.23. The van der Waals surface area contributed by atoms with Crippen molar-refractivity contribution < 1.29 is 15.0 Å². The first kappa shape index (κ1) is 13.6. The van der Waals surface area contributed by atoms with Gasteiger partial charge in [-0.25, -0.2) is 4.79 Å². The molecule has 1 aromatic carbocycles. The number of phenols is 1. The molecule has 0 heterocycles. The van der Waals surface area contributed by atoms with E-state index in [0.29, 0.717) is 5.56 Å². The van der Waals surface area contributed by atoms with Gasteiger partial charge in [-0.15, -0.1) is 0 Å². The van der Waals surface area contributed by atoms with Crippen molar-refractivity contribution >= 4 is 5.97 Å². The largest absolute Gasteiger partial charge is 0.507 e. The second-order valence-electron chi connectivity index (χ2n) is 5.71. The van der Waals surface area contributed by atoms with Crippen molar-refractivity contribution in [1.29, 1.82) is 0 Å². The first-order valence-corrected chi connectivity index (χ1v) is 5.77. The molecule has 0 saturated carbocycles. The normalized spacial score (nSPS) is 13.4. The highest BCUT2D eigenvalue weighted by Crippen LogP contribution is 2.34. The Morgan fingerprint density at radius 3 is 2.41 bits per heavy atom. The average molecular weight is 236 g/mol. The minimum absolute atomic E-state index is 0.0317. The van der Waals surface area contributed by atoms with Gasteiger partial charge in [0.05, 0.1) is 0 Å². The fourth-order valence-corrected chi connectivity index (χ4v) is 2.23. The molecule has 94 valence electrons.